The highest BCUT2D eigenvalue weighted by Gasteiger charge is 2.17. The van der Waals surface area contributed by atoms with Crippen LogP contribution in [0.4, 0.5) is 5.69 Å². The maximum absolute atomic E-state index is 12.5. The summed E-state index contributed by atoms with van der Waals surface area (Å²) in [5, 5.41) is 7.99. The Balaban J connectivity index is 1.56. The van der Waals surface area contributed by atoms with Crippen LogP contribution in [0.3, 0.4) is 0 Å². The van der Waals surface area contributed by atoms with Gasteiger partial charge in [0.2, 0.25) is 11.8 Å². The zero-order valence-corrected chi connectivity index (χ0v) is 18.1. The van der Waals surface area contributed by atoms with E-state index in [4.69, 9.17) is 11.6 Å². The van der Waals surface area contributed by atoms with Crippen molar-refractivity contribution in [3.63, 3.8) is 0 Å². The lowest BCUT2D eigenvalue weighted by Crippen LogP contribution is -2.35. The second-order valence-corrected chi connectivity index (χ2v) is 7.64. The molecule has 0 aliphatic rings. The van der Waals surface area contributed by atoms with Gasteiger partial charge in [-0.15, -0.1) is 0 Å². The highest BCUT2D eigenvalue weighted by Crippen LogP contribution is 2.19. The SMILES string of the molecule is Cc1nn(-c2ccccc2)c(C)c1CCC(=O)N(C)CC(=O)Nc1ccc(Cl)cc1. The molecule has 0 spiro atoms. The van der Waals surface area contributed by atoms with E-state index in [0.29, 0.717) is 23.6 Å². The number of para-hydroxylation sites is 1. The van der Waals surface area contributed by atoms with Crippen molar-refractivity contribution < 1.29 is 9.59 Å². The maximum atomic E-state index is 12.5. The van der Waals surface area contributed by atoms with Crippen LogP contribution in [0.1, 0.15) is 23.4 Å². The molecule has 6 nitrogen and oxygen atoms in total. The monoisotopic (exact) mass is 424 g/mol. The first-order valence-corrected chi connectivity index (χ1v) is 10.1. The minimum atomic E-state index is -0.252. The van der Waals surface area contributed by atoms with Gasteiger partial charge in [-0.2, -0.15) is 5.10 Å². The van der Waals surface area contributed by atoms with Crippen LogP contribution in [-0.2, 0) is 16.0 Å². The van der Waals surface area contributed by atoms with Crippen molar-refractivity contribution in [3.05, 3.63) is 76.6 Å². The van der Waals surface area contributed by atoms with Crippen LogP contribution < -0.4 is 5.32 Å². The van der Waals surface area contributed by atoms with E-state index in [1.165, 1.54) is 4.90 Å². The third-order valence-electron chi connectivity index (χ3n) is 4.97. The van der Waals surface area contributed by atoms with Crippen LogP contribution >= 0.6 is 11.6 Å². The van der Waals surface area contributed by atoms with Gasteiger partial charge in [-0.05, 0) is 62.2 Å². The zero-order valence-electron chi connectivity index (χ0n) is 17.4. The summed E-state index contributed by atoms with van der Waals surface area (Å²) in [6.07, 6.45) is 0.888. The molecule has 0 radical (unpaired) electrons. The summed E-state index contributed by atoms with van der Waals surface area (Å²) in [5.74, 6) is -0.343. The first-order chi connectivity index (χ1) is 14.3. The summed E-state index contributed by atoms with van der Waals surface area (Å²) in [4.78, 5) is 26.2. The molecule has 0 saturated carbocycles. The van der Waals surface area contributed by atoms with E-state index in [1.807, 2.05) is 48.9 Å². The first kappa shape index (κ1) is 21.6. The topological polar surface area (TPSA) is 67.2 Å². The Kier molecular flexibility index (Phi) is 6.90. The lowest BCUT2D eigenvalue weighted by molar-refractivity contribution is -0.133. The van der Waals surface area contributed by atoms with Crippen LogP contribution in [0.5, 0.6) is 0 Å². The molecule has 0 aliphatic carbocycles. The minimum Gasteiger partial charge on any atom is -0.336 e. The van der Waals surface area contributed by atoms with Gasteiger partial charge in [-0.3, -0.25) is 9.59 Å². The van der Waals surface area contributed by atoms with E-state index < -0.39 is 0 Å². The number of anilines is 1. The summed E-state index contributed by atoms with van der Waals surface area (Å²) in [7, 11) is 1.64. The number of aromatic nitrogens is 2. The van der Waals surface area contributed by atoms with Gasteiger partial charge in [0.05, 0.1) is 17.9 Å². The summed E-state index contributed by atoms with van der Waals surface area (Å²) in [6, 6.07) is 16.8. The molecule has 30 heavy (non-hydrogen) atoms. The molecule has 0 unspecified atom stereocenters. The molecule has 0 saturated heterocycles. The number of aryl methyl sites for hydroxylation is 1. The third kappa shape index (κ3) is 5.27. The van der Waals surface area contributed by atoms with E-state index in [0.717, 1.165) is 22.6 Å². The van der Waals surface area contributed by atoms with Gasteiger partial charge in [0.1, 0.15) is 0 Å². The average Bonchev–Trinajstić information content (AvgIpc) is 3.02. The molecule has 0 fully saturated rings. The molecule has 7 heteroatoms. The van der Waals surface area contributed by atoms with E-state index in [2.05, 4.69) is 10.4 Å². The van der Waals surface area contributed by atoms with E-state index in [-0.39, 0.29) is 18.4 Å². The molecule has 0 aliphatic heterocycles. The number of halogens is 1. The Morgan fingerprint density at radius 2 is 1.73 bits per heavy atom. The zero-order chi connectivity index (χ0) is 21.7. The lowest BCUT2D eigenvalue weighted by Gasteiger charge is -2.17. The van der Waals surface area contributed by atoms with Crippen molar-refractivity contribution >= 4 is 29.1 Å². The third-order valence-corrected chi connectivity index (χ3v) is 5.22. The number of nitrogens with zero attached hydrogens (tertiary/aromatic N) is 3. The lowest BCUT2D eigenvalue weighted by atomic mass is 10.1. The van der Waals surface area contributed by atoms with E-state index in [9.17, 15) is 9.59 Å². The fourth-order valence-corrected chi connectivity index (χ4v) is 3.44. The smallest absolute Gasteiger partial charge is 0.243 e. The normalized spacial score (nSPS) is 10.7. The van der Waals surface area contributed by atoms with Crippen molar-refractivity contribution in [2.45, 2.75) is 26.7 Å². The maximum Gasteiger partial charge on any atom is 0.243 e. The van der Waals surface area contributed by atoms with E-state index >= 15 is 0 Å². The molecule has 2 amide bonds. The number of likely N-dealkylation sites (N-methyl/N-ethyl adjacent to an activating group) is 1. The quantitative estimate of drug-likeness (QED) is 0.618. The number of hydrogen-bond acceptors (Lipinski definition) is 3. The number of rotatable bonds is 7. The molecule has 3 rings (SSSR count). The van der Waals surface area contributed by atoms with Crippen molar-refractivity contribution in [1.29, 1.82) is 0 Å². The molecular weight excluding hydrogens is 400 g/mol. The van der Waals surface area contributed by atoms with Crippen LogP contribution in [-0.4, -0.2) is 40.1 Å². The van der Waals surface area contributed by atoms with Crippen LogP contribution in [0.2, 0.25) is 5.02 Å². The predicted molar refractivity (Wildman–Crippen MR) is 119 cm³/mol. The van der Waals surface area contributed by atoms with Crippen LogP contribution in [0.25, 0.3) is 5.69 Å². The van der Waals surface area contributed by atoms with Crippen molar-refractivity contribution in [2.24, 2.45) is 0 Å². The Hall–Kier alpha value is -3.12. The van der Waals surface area contributed by atoms with Gasteiger partial charge in [-0.25, -0.2) is 4.68 Å². The average molecular weight is 425 g/mol. The molecule has 2 aromatic carbocycles. The van der Waals surface area contributed by atoms with Gasteiger partial charge in [0, 0.05) is 29.9 Å². The molecule has 0 atom stereocenters. The van der Waals surface area contributed by atoms with Gasteiger partial charge < -0.3 is 10.2 Å². The molecule has 156 valence electrons. The predicted octanol–water partition coefficient (Wildman–Crippen LogP) is 4.17. The summed E-state index contributed by atoms with van der Waals surface area (Å²) in [5.41, 5.74) is 4.63. The standard InChI is InChI=1S/C23H25ClN4O2/c1-16-21(17(2)28(26-16)20-7-5-4-6-8-20)13-14-23(30)27(3)15-22(29)25-19-11-9-18(24)10-12-19/h4-12H,13-15H2,1-3H3,(H,25,29). The molecule has 1 heterocycles. The first-order valence-electron chi connectivity index (χ1n) is 9.75. The second-order valence-electron chi connectivity index (χ2n) is 7.20. The molecule has 0 bridgehead atoms. The number of carbonyl (C=O) groups is 2. The minimum absolute atomic E-state index is 0.0112. The highest BCUT2D eigenvalue weighted by atomic mass is 35.5. The fourth-order valence-electron chi connectivity index (χ4n) is 3.32. The number of nitrogens with one attached hydrogen (secondary N) is 1. The Morgan fingerprint density at radius 3 is 2.40 bits per heavy atom. The van der Waals surface area contributed by atoms with Gasteiger partial charge in [0.25, 0.3) is 0 Å². The highest BCUT2D eigenvalue weighted by molar-refractivity contribution is 6.30. The summed E-state index contributed by atoms with van der Waals surface area (Å²) in [6.45, 7) is 3.95. The number of benzene rings is 2. The molecule has 3 aromatic rings. The molecule has 1 aromatic heterocycles. The molecular formula is C23H25ClN4O2. The van der Waals surface area contributed by atoms with Crippen LogP contribution in [0, 0.1) is 13.8 Å². The summed E-state index contributed by atoms with van der Waals surface area (Å²) < 4.78 is 1.90. The number of carbonyl (C=O) groups excluding carboxylic acids is 2. The van der Waals surface area contributed by atoms with Crippen LogP contribution in [0.15, 0.2) is 54.6 Å². The fraction of sp³-hybridized carbons (Fsp3) is 0.261. The van der Waals surface area contributed by atoms with Gasteiger partial charge >= 0.3 is 0 Å². The van der Waals surface area contributed by atoms with Crippen molar-refractivity contribution in [2.75, 3.05) is 18.9 Å². The summed E-state index contributed by atoms with van der Waals surface area (Å²) >= 11 is 5.85. The van der Waals surface area contributed by atoms with Crippen molar-refractivity contribution in [3.8, 4) is 5.69 Å². The Bertz CT molecular complexity index is 1030. The Morgan fingerprint density at radius 1 is 1.07 bits per heavy atom. The van der Waals surface area contributed by atoms with Gasteiger partial charge in [0.15, 0.2) is 0 Å². The van der Waals surface area contributed by atoms with Gasteiger partial charge in [-0.1, -0.05) is 29.8 Å². The second kappa shape index (κ2) is 9.59. The number of amides is 2. The molecule has 1 N–H and O–H groups in total. The Labute approximate surface area is 181 Å². The number of hydrogen-bond donors (Lipinski definition) is 1. The largest absolute Gasteiger partial charge is 0.336 e. The van der Waals surface area contributed by atoms with Crippen molar-refractivity contribution in [1.82, 2.24) is 14.7 Å². The van der Waals surface area contributed by atoms with E-state index in [1.54, 1.807) is 31.3 Å².